The number of carbonyl (C=O) groups is 9. The third kappa shape index (κ3) is 11.6. The van der Waals surface area contributed by atoms with Crippen LogP contribution in [0.1, 0.15) is 96.0 Å². The van der Waals surface area contributed by atoms with Crippen LogP contribution >= 0.6 is 0 Å². The van der Waals surface area contributed by atoms with Gasteiger partial charge in [0.1, 0.15) is 31.3 Å². The van der Waals surface area contributed by atoms with Gasteiger partial charge in [-0.1, -0.05) is 36.8 Å². The number of amides is 8. The van der Waals surface area contributed by atoms with E-state index < -0.39 is 90.8 Å². The summed E-state index contributed by atoms with van der Waals surface area (Å²) in [5.74, 6) is -5.70. The van der Waals surface area contributed by atoms with Crippen molar-refractivity contribution < 1.29 is 62.1 Å². The molecule has 2 aromatic carbocycles. The number of rotatable bonds is 22. The molecule has 1 unspecified atom stereocenters. The topological polar surface area (TPSA) is 294 Å². The Kier molecular flexibility index (Phi) is 16.0. The molecule has 2 aromatic heterocycles. The molecular weight excluding hydrogens is 1000 g/mol. The highest BCUT2D eigenvalue weighted by Gasteiger charge is 2.43. The zero-order valence-corrected chi connectivity index (χ0v) is 42.4. The highest BCUT2D eigenvalue weighted by Crippen LogP contribution is 2.47. The highest BCUT2D eigenvalue weighted by molar-refractivity contribution is 6.12. The number of aliphatic hydroxyl groups is 1. The first-order valence-electron chi connectivity index (χ1n) is 25.6. The van der Waals surface area contributed by atoms with Crippen LogP contribution < -0.4 is 32.1 Å². The molecule has 0 bridgehead atoms. The number of fused-ring (bicyclic) bond motifs is 5. The lowest BCUT2D eigenvalue weighted by atomic mass is 9.81. The van der Waals surface area contributed by atoms with E-state index in [0.717, 1.165) is 10.5 Å². The van der Waals surface area contributed by atoms with E-state index in [1.807, 2.05) is 0 Å². The Balaban J connectivity index is 0.778. The Morgan fingerprint density at radius 3 is 2.30 bits per heavy atom. The fourth-order valence-corrected chi connectivity index (χ4v) is 10.4. The number of nitrogens with one attached hydrogen (secondary N) is 5. The fraction of sp³-hybridized carbons (Fsp3) is 0.426. The van der Waals surface area contributed by atoms with E-state index in [-0.39, 0.29) is 74.0 Å². The number of nitrogens with zero attached hydrogens (tertiary/aromatic N) is 4. The second kappa shape index (κ2) is 23.0. The molecule has 3 aliphatic heterocycles. The number of unbranched alkanes of at least 4 members (excludes halogenated alkanes) is 2. The lowest BCUT2D eigenvalue weighted by Crippen LogP contribution is -2.52. The molecule has 4 aromatic rings. The average Bonchev–Trinajstić information content (AvgIpc) is 4.12. The van der Waals surface area contributed by atoms with Gasteiger partial charge in [0.25, 0.3) is 23.3 Å². The molecule has 5 aliphatic rings. The number of ether oxygens (including phenoxy) is 2. The Morgan fingerprint density at radius 2 is 1.56 bits per heavy atom. The summed E-state index contributed by atoms with van der Waals surface area (Å²) in [5.41, 5.74) is 4.09. The van der Waals surface area contributed by atoms with Crippen molar-refractivity contribution in [1.29, 1.82) is 0 Å². The van der Waals surface area contributed by atoms with Crippen LogP contribution in [0.2, 0.25) is 0 Å². The standard InChI is InChI=1S/C54H58FN9O13/c1-28-31-14-15-38(47-33-25-64-39(48(33)61-36(46(31)47)21-35(28)55)20-32-34(52(64)73)26-76-54(75)49(32)71)62(2)53(74)50(30-12-13-30)77-27-59-42(67)23-58-51(72)37(19-29-9-5-3-6-10-29)60-43(68)24-57-41(66)22-56-40(65)11-7-4-8-18-63-44(69)16-17-45(63)70/h3,5-6,9-10,16-17,20-21,30,37-38,49-50,71H,4,7-8,11-15,18-19,22-27H2,1-2H3,(H,56,65)(H,57,66)(H,58,72)(H,59,67)(H,60,68)/t37-,38-,49-,50?/m0/s1. The Bertz CT molecular complexity index is 3180. The number of hydrogen-bond acceptors (Lipinski definition) is 14. The number of pyridine rings is 2. The summed E-state index contributed by atoms with van der Waals surface area (Å²) in [4.78, 5) is 136. The summed E-state index contributed by atoms with van der Waals surface area (Å²) in [6.45, 7) is -0.117. The van der Waals surface area contributed by atoms with Crippen LogP contribution in [0.3, 0.4) is 0 Å². The molecule has 4 atom stereocenters. The van der Waals surface area contributed by atoms with E-state index >= 15 is 4.39 Å². The predicted octanol–water partition coefficient (Wildman–Crippen LogP) is 0.839. The summed E-state index contributed by atoms with van der Waals surface area (Å²) < 4.78 is 28.1. The molecule has 0 radical (unpaired) electrons. The molecule has 0 spiro atoms. The summed E-state index contributed by atoms with van der Waals surface area (Å²) in [5, 5.41) is 24.0. The molecule has 404 valence electrons. The summed E-state index contributed by atoms with van der Waals surface area (Å²) in [6, 6.07) is 9.95. The second-order valence-electron chi connectivity index (χ2n) is 19.8. The minimum absolute atomic E-state index is 0.0410. The van der Waals surface area contributed by atoms with Gasteiger partial charge in [0.15, 0.2) is 6.10 Å². The van der Waals surface area contributed by atoms with Gasteiger partial charge in [-0.15, -0.1) is 0 Å². The van der Waals surface area contributed by atoms with Gasteiger partial charge in [0.05, 0.1) is 54.7 Å². The number of esters is 1. The lowest BCUT2D eigenvalue weighted by molar-refractivity contribution is -0.157. The van der Waals surface area contributed by atoms with Gasteiger partial charge in [-0.2, -0.15) is 0 Å². The second-order valence-corrected chi connectivity index (χ2v) is 19.8. The number of hydrogen-bond donors (Lipinski definition) is 6. The van der Waals surface area contributed by atoms with E-state index in [4.69, 9.17) is 14.5 Å². The van der Waals surface area contributed by atoms with Crippen molar-refractivity contribution in [1.82, 2.24) is 45.9 Å². The molecule has 22 nitrogen and oxygen atoms in total. The minimum Gasteiger partial charge on any atom is -0.458 e. The highest BCUT2D eigenvalue weighted by atomic mass is 19.1. The molecule has 2 aliphatic carbocycles. The van der Waals surface area contributed by atoms with Crippen LogP contribution in [0.25, 0.3) is 22.3 Å². The molecule has 5 heterocycles. The van der Waals surface area contributed by atoms with Gasteiger partial charge >= 0.3 is 5.97 Å². The Labute approximate surface area is 440 Å². The predicted molar refractivity (Wildman–Crippen MR) is 270 cm³/mol. The molecule has 0 saturated heterocycles. The summed E-state index contributed by atoms with van der Waals surface area (Å²) >= 11 is 0. The monoisotopic (exact) mass is 1060 g/mol. The van der Waals surface area contributed by atoms with Crippen molar-refractivity contribution in [2.75, 3.05) is 40.0 Å². The van der Waals surface area contributed by atoms with Crippen molar-refractivity contribution in [2.24, 2.45) is 5.92 Å². The number of benzene rings is 2. The van der Waals surface area contributed by atoms with Crippen LogP contribution in [0.4, 0.5) is 4.39 Å². The van der Waals surface area contributed by atoms with E-state index in [9.17, 15) is 53.1 Å². The van der Waals surface area contributed by atoms with E-state index in [1.54, 1.807) is 55.3 Å². The van der Waals surface area contributed by atoms with Crippen molar-refractivity contribution in [3.63, 3.8) is 0 Å². The molecule has 6 N–H and O–H groups in total. The zero-order valence-electron chi connectivity index (χ0n) is 42.4. The third-order valence-electron chi connectivity index (χ3n) is 14.7. The van der Waals surface area contributed by atoms with Crippen LogP contribution in [0.5, 0.6) is 0 Å². The van der Waals surface area contributed by atoms with Gasteiger partial charge in [0.2, 0.25) is 29.5 Å². The van der Waals surface area contributed by atoms with Gasteiger partial charge in [-0.3, -0.25) is 48.1 Å². The molecule has 77 heavy (non-hydrogen) atoms. The number of likely N-dealkylation sites (N-methyl/N-ethyl adjacent to an activating group) is 1. The summed E-state index contributed by atoms with van der Waals surface area (Å²) in [6.07, 6.45) is 3.70. The first-order chi connectivity index (χ1) is 37.0. The van der Waals surface area contributed by atoms with Gasteiger partial charge in [0, 0.05) is 61.2 Å². The van der Waals surface area contributed by atoms with E-state index in [1.165, 1.54) is 22.8 Å². The molecular formula is C54H58FN9O13. The van der Waals surface area contributed by atoms with Gasteiger partial charge in [-0.25, -0.2) is 14.2 Å². The van der Waals surface area contributed by atoms with Crippen molar-refractivity contribution in [2.45, 2.75) is 102 Å². The number of aromatic nitrogens is 2. The lowest BCUT2D eigenvalue weighted by Gasteiger charge is -2.36. The Hall–Kier alpha value is -8.18. The minimum atomic E-state index is -1.67. The Morgan fingerprint density at radius 1 is 0.857 bits per heavy atom. The van der Waals surface area contributed by atoms with Crippen LogP contribution in [-0.2, 0) is 78.6 Å². The molecule has 23 heteroatoms. The molecule has 1 fully saturated rings. The van der Waals surface area contributed by atoms with E-state index in [2.05, 4.69) is 26.6 Å². The van der Waals surface area contributed by atoms with Crippen LogP contribution in [0.15, 0.2) is 59.4 Å². The number of aryl methyl sites for hydroxylation is 1. The van der Waals surface area contributed by atoms with Crippen molar-refractivity contribution >= 4 is 64.1 Å². The SMILES string of the molecule is Cc1c(F)cc2nc3c(c4c2c1CC[C@@H]4N(C)C(=O)C(OCNC(=O)CNC(=O)[C@H](Cc1ccccc1)NC(=O)CNC(=O)CNC(=O)CCCCCN1C(=O)C=CC1=O)C1CC1)Cn1c-3cc2c(c1=O)COC(=O)[C@H]2O. The molecule has 9 rings (SSSR count). The van der Waals surface area contributed by atoms with Crippen LogP contribution in [-0.4, -0.2) is 130 Å². The summed E-state index contributed by atoms with van der Waals surface area (Å²) in [7, 11) is 1.66. The number of aliphatic hydroxyl groups excluding tert-OH is 1. The molecule has 1 saturated carbocycles. The number of cyclic esters (lactones) is 1. The number of carbonyl (C=O) groups excluding carboxylic acids is 9. The largest absolute Gasteiger partial charge is 0.458 e. The van der Waals surface area contributed by atoms with Crippen LogP contribution in [0, 0.1) is 18.7 Å². The van der Waals surface area contributed by atoms with Gasteiger partial charge < -0.3 is 50.6 Å². The zero-order chi connectivity index (χ0) is 54.7. The van der Waals surface area contributed by atoms with Crippen molar-refractivity contribution in [3.8, 4) is 11.4 Å². The quantitative estimate of drug-likeness (QED) is 0.0243. The normalized spacial score (nSPS) is 17.7. The van der Waals surface area contributed by atoms with Gasteiger partial charge in [-0.05, 0) is 79.7 Å². The smallest absolute Gasteiger partial charge is 0.340 e. The fourth-order valence-electron chi connectivity index (χ4n) is 10.4. The van der Waals surface area contributed by atoms with Crippen molar-refractivity contribution in [3.05, 3.63) is 110 Å². The number of imide groups is 1. The average molecular weight is 1060 g/mol. The number of halogens is 1. The third-order valence-corrected chi connectivity index (χ3v) is 14.7. The first-order valence-corrected chi connectivity index (χ1v) is 25.6. The maximum atomic E-state index is 15.5. The molecule has 8 amide bonds. The maximum absolute atomic E-state index is 15.5. The maximum Gasteiger partial charge on any atom is 0.340 e. The van der Waals surface area contributed by atoms with E-state index in [0.29, 0.717) is 89.5 Å². The first kappa shape index (κ1) is 53.6.